The molecule has 0 unspecified atom stereocenters. The first kappa shape index (κ1) is 10.2. The topological polar surface area (TPSA) is 54.4 Å². The number of halogens is 2. The Morgan fingerprint density at radius 1 is 1.54 bits per heavy atom. The number of aromatic hydroxyl groups is 1. The van der Waals surface area contributed by atoms with E-state index in [1.165, 1.54) is 12.1 Å². The molecule has 0 fully saturated rings. The number of hydrogen-bond acceptors (Lipinski definition) is 3. The van der Waals surface area contributed by atoms with Gasteiger partial charge in [0.25, 0.3) is 0 Å². The van der Waals surface area contributed by atoms with E-state index in [2.05, 4.69) is 15.9 Å². The quantitative estimate of drug-likeness (QED) is 0.505. The summed E-state index contributed by atoms with van der Waals surface area (Å²) in [6.45, 7) is 0. The van der Waals surface area contributed by atoms with Gasteiger partial charge in [-0.25, -0.2) is 0 Å². The Kier molecular flexibility index (Phi) is 3.06. The van der Waals surface area contributed by atoms with Gasteiger partial charge in [-0.05, 0) is 28.1 Å². The minimum absolute atomic E-state index is 0.102. The van der Waals surface area contributed by atoms with Crippen LogP contribution >= 0.6 is 27.5 Å². The van der Waals surface area contributed by atoms with Crippen molar-refractivity contribution >= 4 is 39.6 Å². The number of Topliss-reactive ketones (excluding diaryl/α,β-unsaturated/α-hetero) is 1. The third-order valence-electron chi connectivity index (χ3n) is 1.40. The molecule has 0 saturated heterocycles. The van der Waals surface area contributed by atoms with E-state index in [0.29, 0.717) is 0 Å². The summed E-state index contributed by atoms with van der Waals surface area (Å²) in [5.41, 5.74) is -0.102. The van der Waals surface area contributed by atoms with Crippen molar-refractivity contribution < 1.29 is 14.7 Å². The molecule has 0 heterocycles. The fourth-order valence-corrected chi connectivity index (χ4v) is 1.63. The fraction of sp³-hybridized carbons (Fsp3) is 0. The maximum atomic E-state index is 10.9. The Balaban J connectivity index is 3.36. The Bertz CT molecular complexity index is 376. The van der Waals surface area contributed by atoms with Gasteiger partial charge in [0.1, 0.15) is 5.75 Å². The van der Waals surface area contributed by atoms with E-state index in [4.69, 9.17) is 11.6 Å². The lowest BCUT2D eigenvalue weighted by Crippen LogP contribution is -2.00. The Morgan fingerprint density at radius 3 is 2.69 bits per heavy atom. The molecule has 5 heteroatoms. The van der Waals surface area contributed by atoms with Gasteiger partial charge in [0.15, 0.2) is 6.29 Å². The van der Waals surface area contributed by atoms with Crippen molar-refractivity contribution in [3.8, 4) is 5.75 Å². The highest BCUT2D eigenvalue weighted by Crippen LogP contribution is 2.31. The average molecular weight is 263 g/mol. The summed E-state index contributed by atoms with van der Waals surface area (Å²) in [5.74, 6) is -1.08. The summed E-state index contributed by atoms with van der Waals surface area (Å²) in [4.78, 5) is 21.1. The van der Waals surface area contributed by atoms with Crippen molar-refractivity contribution in [1.82, 2.24) is 0 Å². The molecule has 0 spiro atoms. The van der Waals surface area contributed by atoms with E-state index in [0.717, 1.165) is 0 Å². The molecular weight excluding hydrogens is 259 g/mol. The van der Waals surface area contributed by atoms with Gasteiger partial charge in [-0.3, -0.25) is 9.59 Å². The van der Waals surface area contributed by atoms with Crippen LogP contribution in [0.2, 0.25) is 5.02 Å². The molecule has 1 rings (SSSR count). The van der Waals surface area contributed by atoms with Crippen LogP contribution in [0.4, 0.5) is 0 Å². The molecule has 0 aromatic heterocycles. The highest BCUT2D eigenvalue weighted by Gasteiger charge is 2.13. The molecule has 13 heavy (non-hydrogen) atoms. The molecule has 68 valence electrons. The zero-order chi connectivity index (χ0) is 10.0. The monoisotopic (exact) mass is 262 g/mol. The molecule has 0 aliphatic heterocycles. The highest BCUT2D eigenvalue weighted by molar-refractivity contribution is 9.10. The van der Waals surface area contributed by atoms with Crippen molar-refractivity contribution in [1.29, 1.82) is 0 Å². The van der Waals surface area contributed by atoms with Gasteiger partial charge >= 0.3 is 0 Å². The second-order valence-corrected chi connectivity index (χ2v) is 3.56. The summed E-state index contributed by atoms with van der Waals surface area (Å²) in [6.07, 6.45) is 0.123. The summed E-state index contributed by atoms with van der Waals surface area (Å²) in [7, 11) is 0. The lowest BCUT2D eigenvalue weighted by molar-refractivity contribution is -0.104. The van der Waals surface area contributed by atoms with Gasteiger partial charge in [0, 0.05) is 5.02 Å². The minimum atomic E-state index is -0.805. The Hall–Kier alpha value is -0.870. The average Bonchev–Trinajstić information content (AvgIpc) is 2.10. The van der Waals surface area contributed by atoms with Crippen LogP contribution < -0.4 is 0 Å². The third-order valence-corrected chi connectivity index (χ3v) is 2.22. The van der Waals surface area contributed by atoms with Crippen LogP contribution in [0.3, 0.4) is 0 Å². The molecule has 3 nitrogen and oxygen atoms in total. The number of phenols is 1. The maximum absolute atomic E-state index is 10.9. The zero-order valence-electron chi connectivity index (χ0n) is 6.25. The normalized spacial score (nSPS) is 9.69. The molecular formula is C8H4BrClO3. The van der Waals surface area contributed by atoms with Gasteiger partial charge in [0.2, 0.25) is 5.78 Å². The van der Waals surface area contributed by atoms with Crippen LogP contribution in [0.5, 0.6) is 5.75 Å². The first-order valence-electron chi connectivity index (χ1n) is 3.23. The highest BCUT2D eigenvalue weighted by atomic mass is 79.9. The maximum Gasteiger partial charge on any atom is 0.229 e. The first-order chi connectivity index (χ1) is 6.06. The molecule has 0 aliphatic carbocycles. The second-order valence-electron chi connectivity index (χ2n) is 2.27. The number of benzene rings is 1. The van der Waals surface area contributed by atoms with Gasteiger partial charge in [-0.1, -0.05) is 11.6 Å². The molecule has 0 radical (unpaired) electrons. The molecule has 0 aliphatic rings. The van der Waals surface area contributed by atoms with Crippen LogP contribution in [0.25, 0.3) is 0 Å². The number of ketones is 1. The number of phenolic OH excluding ortho intramolecular Hbond substituents is 1. The molecule has 1 N–H and O–H groups in total. The van der Waals surface area contributed by atoms with E-state index in [1.54, 1.807) is 0 Å². The molecule has 1 aromatic rings. The van der Waals surface area contributed by atoms with Gasteiger partial charge in [0.05, 0.1) is 10.0 Å². The van der Waals surface area contributed by atoms with Gasteiger partial charge in [-0.15, -0.1) is 0 Å². The van der Waals surface area contributed by atoms with Gasteiger partial charge < -0.3 is 5.11 Å². The SMILES string of the molecule is O=CC(=O)c1cc(Cl)cc(Br)c1O. The van der Waals surface area contributed by atoms with Crippen molar-refractivity contribution in [2.75, 3.05) is 0 Å². The Morgan fingerprint density at radius 2 is 2.15 bits per heavy atom. The van der Waals surface area contributed by atoms with Crippen LogP contribution in [0.1, 0.15) is 10.4 Å². The summed E-state index contributed by atoms with van der Waals surface area (Å²) >= 11 is 8.61. The number of hydrogen-bond donors (Lipinski definition) is 1. The van der Waals surface area contributed by atoms with Crippen molar-refractivity contribution in [2.45, 2.75) is 0 Å². The smallest absolute Gasteiger partial charge is 0.229 e. The second kappa shape index (κ2) is 3.89. The zero-order valence-corrected chi connectivity index (χ0v) is 8.59. The molecule has 0 amide bonds. The standard InChI is InChI=1S/C8H4BrClO3/c9-6-2-4(10)1-5(8(6)13)7(12)3-11/h1-3,13H. The molecule has 0 bridgehead atoms. The van der Waals surface area contributed by atoms with Crippen molar-refractivity contribution in [2.24, 2.45) is 0 Å². The van der Waals surface area contributed by atoms with E-state index >= 15 is 0 Å². The van der Waals surface area contributed by atoms with E-state index in [1.807, 2.05) is 0 Å². The number of rotatable bonds is 2. The predicted octanol–water partition coefficient (Wildman–Crippen LogP) is 2.19. The predicted molar refractivity (Wildman–Crippen MR) is 51.2 cm³/mol. The number of carbonyl (C=O) groups excluding carboxylic acids is 2. The summed E-state index contributed by atoms with van der Waals surface area (Å²) in [5, 5.41) is 9.61. The minimum Gasteiger partial charge on any atom is -0.506 e. The molecule has 1 aromatic carbocycles. The third kappa shape index (κ3) is 2.08. The lowest BCUT2D eigenvalue weighted by atomic mass is 10.1. The molecule has 0 atom stereocenters. The van der Waals surface area contributed by atoms with E-state index < -0.39 is 5.78 Å². The van der Waals surface area contributed by atoms with Crippen LogP contribution in [0, 0.1) is 0 Å². The summed E-state index contributed by atoms with van der Waals surface area (Å²) in [6, 6.07) is 2.66. The summed E-state index contributed by atoms with van der Waals surface area (Å²) < 4.78 is 0.283. The first-order valence-corrected chi connectivity index (χ1v) is 4.41. The lowest BCUT2D eigenvalue weighted by Gasteiger charge is -2.02. The fourth-order valence-electron chi connectivity index (χ4n) is 0.817. The number of aldehydes is 1. The largest absolute Gasteiger partial charge is 0.506 e. The van der Waals surface area contributed by atoms with Crippen molar-refractivity contribution in [3.63, 3.8) is 0 Å². The van der Waals surface area contributed by atoms with Crippen LogP contribution in [-0.4, -0.2) is 17.2 Å². The molecule has 0 saturated carbocycles. The number of carbonyl (C=O) groups is 2. The van der Waals surface area contributed by atoms with E-state index in [-0.39, 0.29) is 27.1 Å². The van der Waals surface area contributed by atoms with Gasteiger partial charge in [-0.2, -0.15) is 0 Å². The van der Waals surface area contributed by atoms with Crippen LogP contribution in [-0.2, 0) is 4.79 Å². The van der Waals surface area contributed by atoms with Crippen LogP contribution in [0.15, 0.2) is 16.6 Å². The van der Waals surface area contributed by atoms with Crippen molar-refractivity contribution in [3.05, 3.63) is 27.2 Å². The van der Waals surface area contributed by atoms with E-state index in [9.17, 15) is 14.7 Å². The Labute approximate surface area is 87.4 Å².